The maximum absolute atomic E-state index is 13.8. The number of carbonyl (C=O) groups is 1. The van der Waals surface area contributed by atoms with Crippen molar-refractivity contribution in [2.24, 2.45) is 0 Å². The Balaban J connectivity index is 1.48. The van der Waals surface area contributed by atoms with Crippen molar-refractivity contribution in [3.8, 4) is 0 Å². The lowest BCUT2D eigenvalue weighted by atomic mass is 10.00. The maximum atomic E-state index is 13.8. The average molecular weight is 383 g/mol. The summed E-state index contributed by atoms with van der Waals surface area (Å²) < 4.78 is 40.1. The Morgan fingerprint density at radius 1 is 0.964 bits per heavy atom. The second kappa shape index (κ2) is 7.34. The van der Waals surface area contributed by atoms with E-state index in [0.717, 1.165) is 24.1 Å². The smallest absolute Gasteiger partial charge is 0.272 e. The van der Waals surface area contributed by atoms with Crippen LogP contribution in [0.25, 0.3) is 0 Å². The van der Waals surface area contributed by atoms with Gasteiger partial charge in [-0.2, -0.15) is 0 Å². The fraction of sp³-hybridized carbons (Fsp3) is 0.143. The van der Waals surface area contributed by atoms with Gasteiger partial charge in [-0.05, 0) is 41.8 Å². The van der Waals surface area contributed by atoms with Crippen molar-refractivity contribution in [3.05, 3.63) is 89.0 Å². The molecule has 1 aromatic heterocycles. The highest BCUT2D eigenvalue weighted by Crippen LogP contribution is 2.24. The van der Waals surface area contributed by atoms with Gasteiger partial charge in [0.05, 0.1) is 17.6 Å². The second-order valence-electron chi connectivity index (χ2n) is 6.53. The molecule has 0 atom stereocenters. The molecule has 0 bridgehead atoms. The topological polar surface area (TPSA) is 45.2 Å². The molecule has 142 valence electrons. The Kier molecular flexibility index (Phi) is 4.73. The molecule has 1 aliphatic rings. The predicted molar refractivity (Wildman–Crippen MR) is 98.7 cm³/mol. The van der Waals surface area contributed by atoms with Crippen molar-refractivity contribution >= 4 is 17.3 Å². The molecular weight excluding hydrogens is 367 g/mol. The molecule has 0 fully saturated rings. The minimum Gasteiger partial charge on any atom is -0.352 e. The lowest BCUT2D eigenvalue weighted by Crippen LogP contribution is -2.36. The predicted octanol–water partition coefficient (Wildman–Crippen LogP) is 4.44. The average Bonchev–Trinajstić information content (AvgIpc) is 2.74. The van der Waals surface area contributed by atoms with E-state index in [1.54, 1.807) is 11.0 Å². The van der Waals surface area contributed by atoms with Crippen LogP contribution in [-0.2, 0) is 13.0 Å². The normalized spacial score (nSPS) is 13.2. The number of hydrogen-bond donors (Lipinski definition) is 1. The van der Waals surface area contributed by atoms with Crippen LogP contribution in [0.15, 0.2) is 54.7 Å². The van der Waals surface area contributed by atoms with E-state index in [2.05, 4.69) is 16.4 Å². The van der Waals surface area contributed by atoms with Gasteiger partial charge in [0.15, 0.2) is 17.5 Å². The summed E-state index contributed by atoms with van der Waals surface area (Å²) in [5.74, 6) is -4.31. The summed E-state index contributed by atoms with van der Waals surface area (Å²) in [5, 5.41) is 2.63. The summed E-state index contributed by atoms with van der Waals surface area (Å²) in [5.41, 5.74) is 2.76. The SMILES string of the molecule is O=C(c1ccc(Nc2ccc(F)c(F)c2F)cn1)N1CCc2ccccc2C1. The third-order valence-corrected chi connectivity index (χ3v) is 4.71. The van der Waals surface area contributed by atoms with Crippen molar-refractivity contribution in [1.82, 2.24) is 9.88 Å². The number of anilines is 2. The summed E-state index contributed by atoms with van der Waals surface area (Å²) in [7, 11) is 0. The monoisotopic (exact) mass is 383 g/mol. The molecule has 28 heavy (non-hydrogen) atoms. The van der Waals surface area contributed by atoms with Crippen LogP contribution < -0.4 is 5.32 Å². The van der Waals surface area contributed by atoms with E-state index in [4.69, 9.17) is 0 Å². The molecule has 2 heterocycles. The molecule has 7 heteroatoms. The van der Waals surface area contributed by atoms with Crippen LogP contribution in [0.1, 0.15) is 21.6 Å². The fourth-order valence-electron chi connectivity index (χ4n) is 3.20. The Bertz CT molecular complexity index is 1040. The zero-order valence-electron chi connectivity index (χ0n) is 14.8. The van der Waals surface area contributed by atoms with Crippen LogP contribution in [0, 0.1) is 17.5 Å². The number of nitrogens with one attached hydrogen (secondary N) is 1. The van der Waals surface area contributed by atoms with E-state index in [1.165, 1.54) is 17.8 Å². The van der Waals surface area contributed by atoms with Crippen molar-refractivity contribution in [2.75, 3.05) is 11.9 Å². The number of amides is 1. The third kappa shape index (κ3) is 3.43. The molecule has 0 unspecified atom stereocenters. The zero-order chi connectivity index (χ0) is 19.7. The highest BCUT2D eigenvalue weighted by Gasteiger charge is 2.22. The molecule has 1 N–H and O–H groups in total. The Hall–Kier alpha value is -3.35. The van der Waals surface area contributed by atoms with Gasteiger partial charge in [0.25, 0.3) is 5.91 Å². The maximum Gasteiger partial charge on any atom is 0.272 e. The van der Waals surface area contributed by atoms with Crippen LogP contribution in [0.4, 0.5) is 24.5 Å². The largest absolute Gasteiger partial charge is 0.352 e. The first-order valence-electron chi connectivity index (χ1n) is 8.75. The van der Waals surface area contributed by atoms with Crippen LogP contribution >= 0.6 is 0 Å². The summed E-state index contributed by atoms with van der Waals surface area (Å²) in [6, 6.07) is 13.0. The molecule has 1 amide bonds. The number of fused-ring (bicyclic) bond motifs is 1. The minimum absolute atomic E-state index is 0.194. The van der Waals surface area contributed by atoms with E-state index in [0.29, 0.717) is 18.8 Å². The molecule has 0 spiro atoms. The fourth-order valence-corrected chi connectivity index (χ4v) is 3.20. The number of nitrogens with zero attached hydrogens (tertiary/aromatic N) is 2. The number of rotatable bonds is 3. The van der Waals surface area contributed by atoms with E-state index in [1.807, 2.05) is 18.2 Å². The summed E-state index contributed by atoms with van der Waals surface area (Å²) >= 11 is 0. The number of aromatic nitrogens is 1. The van der Waals surface area contributed by atoms with Crippen LogP contribution in [0.5, 0.6) is 0 Å². The lowest BCUT2D eigenvalue weighted by molar-refractivity contribution is 0.0729. The molecule has 0 saturated heterocycles. The van der Waals surface area contributed by atoms with E-state index < -0.39 is 17.5 Å². The Morgan fingerprint density at radius 3 is 2.50 bits per heavy atom. The minimum atomic E-state index is -1.55. The van der Waals surface area contributed by atoms with Gasteiger partial charge in [0.2, 0.25) is 0 Å². The summed E-state index contributed by atoms with van der Waals surface area (Å²) in [4.78, 5) is 18.6. The van der Waals surface area contributed by atoms with Gasteiger partial charge in [-0.15, -0.1) is 0 Å². The van der Waals surface area contributed by atoms with E-state index >= 15 is 0 Å². The first-order chi connectivity index (χ1) is 13.5. The highest BCUT2D eigenvalue weighted by atomic mass is 19.2. The second-order valence-corrected chi connectivity index (χ2v) is 6.53. The van der Waals surface area contributed by atoms with Gasteiger partial charge in [-0.1, -0.05) is 24.3 Å². The van der Waals surface area contributed by atoms with Crippen molar-refractivity contribution in [2.45, 2.75) is 13.0 Å². The number of carbonyl (C=O) groups excluding carboxylic acids is 1. The third-order valence-electron chi connectivity index (χ3n) is 4.71. The standard InChI is InChI=1S/C21H16F3N3O/c22-16-6-8-17(20(24)19(16)23)26-15-5-7-18(25-11-15)21(28)27-10-9-13-3-1-2-4-14(13)12-27/h1-8,11,26H,9-10,12H2. The van der Waals surface area contributed by atoms with Gasteiger partial charge in [-0.3, -0.25) is 4.79 Å². The molecule has 3 aromatic rings. The van der Waals surface area contributed by atoms with Crippen LogP contribution in [-0.4, -0.2) is 22.3 Å². The lowest BCUT2D eigenvalue weighted by Gasteiger charge is -2.28. The van der Waals surface area contributed by atoms with Crippen LogP contribution in [0.2, 0.25) is 0 Å². The molecule has 1 aliphatic heterocycles. The number of pyridine rings is 1. The zero-order valence-corrected chi connectivity index (χ0v) is 14.8. The Morgan fingerprint density at radius 2 is 1.75 bits per heavy atom. The molecule has 0 radical (unpaired) electrons. The van der Waals surface area contributed by atoms with E-state index in [9.17, 15) is 18.0 Å². The number of hydrogen-bond acceptors (Lipinski definition) is 3. The van der Waals surface area contributed by atoms with Crippen LogP contribution in [0.3, 0.4) is 0 Å². The molecule has 4 rings (SSSR count). The number of benzene rings is 2. The molecule has 4 nitrogen and oxygen atoms in total. The molecule has 0 saturated carbocycles. The van der Waals surface area contributed by atoms with Gasteiger partial charge < -0.3 is 10.2 Å². The summed E-state index contributed by atoms with van der Waals surface area (Å²) in [6.45, 7) is 1.13. The quantitative estimate of drug-likeness (QED) is 0.680. The summed E-state index contributed by atoms with van der Waals surface area (Å²) in [6.07, 6.45) is 2.14. The first kappa shape index (κ1) is 18.0. The van der Waals surface area contributed by atoms with Gasteiger partial charge in [-0.25, -0.2) is 18.2 Å². The van der Waals surface area contributed by atoms with Crippen molar-refractivity contribution < 1.29 is 18.0 Å². The molecular formula is C21H16F3N3O. The highest BCUT2D eigenvalue weighted by molar-refractivity contribution is 5.92. The van der Waals surface area contributed by atoms with Crippen molar-refractivity contribution in [3.63, 3.8) is 0 Å². The van der Waals surface area contributed by atoms with E-state index in [-0.39, 0.29) is 17.3 Å². The van der Waals surface area contributed by atoms with Gasteiger partial charge >= 0.3 is 0 Å². The number of halogens is 3. The molecule has 2 aromatic carbocycles. The Labute approximate surface area is 159 Å². The molecule has 0 aliphatic carbocycles. The first-order valence-corrected chi connectivity index (χ1v) is 8.75. The van der Waals surface area contributed by atoms with Gasteiger partial charge in [0.1, 0.15) is 5.69 Å². The van der Waals surface area contributed by atoms with Crippen molar-refractivity contribution in [1.29, 1.82) is 0 Å². The van der Waals surface area contributed by atoms with Gasteiger partial charge in [0, 0.05) is 13.1 Å².